The minimum atomic E-state index is -0.576. The number of methoxy groups -OCH3 is 1. The van der Waals surface area contributed by atoms with E-state index < -0.39 is 6.10 Å². The molecule has 116 valence electrons. The molecule has 1 atom stereocenters. The molecule has 1 aromatic carbocycles. The summed E-state index contributed by atoms with van der Waals surface area (Å²) in [5.74, 6) is 0.436. The first-order chi connectivity index (χ1) is 10.1. The number of carbonyl (C=O) groups is 1. The van der Waals surface area contributed by atoms with Crippen LogP contribution < -0.4 is 10.1 Å². The van der Waals surface area contributed by atoms with Crippen LogP contribution in [-0.4, -0.2) is 43.2 Å². The monoisotopic (exact) mass is 294 g/mol. The summed E-state index contributed by atoms with van der Waals surface area (Å²) in [7, 11) is 1.58. The fraction of sp³-hybridized carbons (Fsp3) is 0.467. The van der Waals surface area contributed by atoms with Crippen molar-refractivity contribution in [2.75, 3.05) is 20.3 Å². The molecule has 0 spiro atoms. The quantitative estimate of drug-likeness (QED) is 0.330. The topological polar surface area (TPSA) is 80.2 Å². The molecule has 0 saturated carbocycles. The number of rotatable bonds is 8. The highest BCUT2D eigenvalue weighted by Crippen LogP contribution is 2.14. The van der Waals surface area contributed by atoms with Gasteiger partial charge in [-0.3, -0.25) is 4.79 Å². The number of hydrogen-bond acceptors (Lipinski definition) is 5. The first kappa shape index (κ1) is 17.0. The number of amides is 1. The smallest absolute Gasteiger partial charge is 0.260 e. The molecule has 0 fully saturated rings. The first-order valence-electron chi connectivity index (χ1n) is 6.76. The van der Waals surface area contributed by atoms with Crippen molar-refractivity contribution in [2.24, 2.45) is 5.16 Å². The Morgan fingerprint density at radius 3 is 2.62 bits per heavy atom. The molecule has 0 aliphatic heterocycles. The summed E-state index contributed by atoms with van der Waals surface area (Å²) in [6, 6.07) is 7.33. The highest BCUT2D eigenvalue weighted by molar-refractivity contribution is 5.83. The van der Waals surface area contributed by atoms with Gasteiger partial charge in [-0.25, -0.2) is 0 Å². The van der Waals surface area contributed by atoms with Crippen LogP contribution in [-0.2, 0) is 16.0 Å². The SMILES string of the molecule is COCCNC(=O)C(C)Oc1ccc(C/C(C)=N/O)cc1. The van der Waals surface area contributed by atoms with E-state index in [0.29, 0.717) is 31.0 Å². The molecule has 1 rings (SSSR count). The average Bonchev–Trinajstić information content (AvgIpc) is 2.49. The lowest BCUT2D eigenvalue weighted by Gasteiger charge is -2.14. The van der Waals surface area contributed by atoms with Gasteiger partial charge in [0.15, 0.2) is 6.10 Å². The third-order valence-electron chi connectivity index (χ3n) is 2.84. The predicted molar refractivity (Wildman–Crippen MR) is 80.0 cm³/mol. The summed E-state index contributed by atoms with van der Waals surface area (Å²) < 4.78 is 10.4. The van der Waals surface area contributed by atoms with Crippen LogP contribution in [0.4, 0.5) is 0 Å². The van der Waals surface area contributed by atoms with Crippen molar-refractivity contribution in [3.8, 4) is 5.75 Å². The van der Waals surface area contributed by atoms with Crippen LogP contribution in [0.1, 0.15) is 19.4 Å². The Hall–Kier alpha value is -2.08. The van der Waals surface area contributed by atoms with Gasteiger partial charge < -0.3 is 20.0 Å². The third-order valence-corrected chi connectivity index (χ3v) is 2.84. The van der Waals surface area contributed by atoms with Crippen molar-refractivity contribution >= 4 is 11.6 Å². The molecule has 0 saturated heterocycles. The lowest BCUT2D eigenvalue weighted by molar-refractivity contribution is -0.127. The van der Waals surface area contributed by atoms with E-state index in [4.69, 9.17) is 14.7 Å². The van der Waals surface area contributed by atoms with E-state index in [1.807, 2.05) is 12.1 Å². The van der Waals surface area contributed by atoms with E-state index in [0.717, 1.165) is 5.56 Å². The Morgan fingerprint density at radius 1 is 1.38 bits per heavy atom. The normalized spacial score (nSPS) is 12.8. The number of ether oxygens (including phenoxy) is 2. The van der Waals surface area contributed by atoms with Gasteiger partial charge in [0.2, 0.25) is 0 Å². The van der Waals surface area contributed by atoms with Crippen LogP contribution in [0.5, 0.6) is 5.75 Å². The Bertz CT molecular complexity index is 471. The maximum absolute atomic E-state index is 11.7. The Labute approximate surface area is 124 Å². The van der Waals surface area contributed by atoms with Crippen LogP contribution in [0, 0.1) is 0 Å². The largest absolute Gasteiger partial charge is 0.481 e. The van der Waals surface area contributed by atoms with E-state index in [1.54, 1.807) is 33.1 Å². The molecule has 1 unspecified atom stereocenters. The highest BCUT2D eigenvalue weighted by atomic mass is 16.5. The fourth-order valence-electron chi connectivity index (χ4n) is 1.69. The molecule has 6 nitrogen and oxygen atoms in total. The highest BCUT2D eigenvalue weighted by Gasteiger charge is 2.13. The number of hydrogen-bond donors (Lipinski definition) is 2. The molecule has 1 amide bonds. The van der Waals surface area contributed by atoms with E-state index >= 15 is 0 Å². The van der Waals surface area contributed by atoms with Crippen molar-refractivity contribution in [1.82, 2.24) is 5.32 Å². The molecule has 2 N–H and O–H groups in total. The van der Waals surface area contributed by atoms with Crippen LogP contribution >= 0.6 is 0 Å². The summed E-state index contributed by atoms with van der Waals surface area (Å²) in [6.07, 6.45) is -0.00226. The molecule has 0 aromatic heterocycles. The number of benzene rings is 1. The van der Waals surface area contributed by atoms with E-state index in [9.17, 15) is 4.79 Å². The maximum atomic E-state index is 11.7. The maximum Gasteiger partial charge on any atom is 0.260 e. The zero-order valence-corrected chi connectivity index (χ0v) is 12.6. The molecular weight excluding hydrogens is 272 g/mol. The molecular formula is C15H22N2O4. The molecule has 0 aliphatic rings. The van der Waals surface area contributed by atoms with Crippen molar-refractivity contribution in [2.45, 2.75) is 26.4 Å². The second kappa shape index (κ2) is 8.97. The van der Waals surface area contributed by atoms with Gasteiger partial charge in [0, 0.05) is 20.1 Å². The molecule has 6 heteroatoms. The first-order valence-corrected chi connectivity index (χ1v) is 6.76. The fourth-order valence-corrected chi connectivity index (χ4v) is 1.69. The summed E-state index contributed by atoms with van der Waals surface area (Å²) in [6.45, 7) is 4.37. The van der Waals surface area contributed by atoms with Crippen LogP contribution in [0.15, 0.2) is 29.4 Å². The molecule has 21 heavy (non-hydrogen) atoms. The van der Waals surface area contributed by atoms with Gasteiger partial charge in [0.1, 0.15) is 5.75 Å². The zero-order chi connectivity index (χ0) is 15.7. The number of carbonyl (C=O) groups excluding carboxylic acids is 1. The van der Waals surface area contributed by atoms with E-state index in [2.05, 4.69) is 10.5 Å². The lowest BCUT2D eigenvalue weighted by Crippen LogP contribution is -2.37. The van der Waals surface area contributed by atoms with Gasteiger partial charge in [-0.1, -0.05) is 17.3 Å². The Balaban J connectivity index is 2.49. The molecule has 0 heterocycles. The molecule has 1 aromatic rings. The van der Waals surface area contributed by atoms with Gasteiger partial charge in [-0.15, -0.1) is 0 Å². The average molecular weight is 294 g/mol. The molecule has 0 aliphatic carbocycles. The molecule has 0 bridgehead atoms. The van der Waals surface area contributed by atoms with Crippen molar-refractivity contribution < 1.29 is 19.5 Å². The summed E-state index contributed by atoms with van der Waals surface area (Å²) in [4.78, 5) is 11.7. The second-order valence-corrected chi connectivity index (χ2v) is 4.70. The Kier molecular flexibility index (Phi) is 7.25. The van der Waals surface area contributed by atoms with Gasteiger partial charge >= 0.3 is 0 Å². The van der Waals surface area contributed by atoms with Gasteiger partial charge in [0.05, 0.1) is 12.3 Å². The predicted octanol–water partition coefficient (Wildman–Crippen LogP) is 1.61. The van der Waals surface area contributed by atoms with Crippen molar-refractivity contribution in [3.05, 3.63) is 29.8 Å². The number of nitrogens with one attached hydrogen (secondary N) is 1. The zero-order valence-electron chi connectivity index (χ0n) is 12.6. The lowest BCUT2D eigenvalue weighted by atomic mass is 10.1. The van der Waals surface area contributed by atoms with Crippen molar-refractivity contribution in [3.63, 3.8) is 0 Å². The summed E-state index contributed by atoms with van der Waals surface area (Å²) >= 11 is 0. The van der Waals surface area contributed by atoms with E-state index in [1.165, 1.54) is 0 Å². The summed E-state index contributed by atoms with van der Waals surface area (Å²) in [5, 5.41) is 14.5. The van der Waals surface area contributed by atoms with Gasteiger partial charge in [-0.05, 0) is 31.5 Å². The standard InChI is InChI=1S/C15H22N2O4/c1-11(17-19)10-13-4-6-14(7-5-13)21-12(2)15(18)16-8-9-20-3/h4-7,12,19H,8-10H2,1-3H3,(H,16,18)/b17-11+. The third kappa shape index (κ3) is 6.27. The molecule has 0 radical (unpaired) electrons. The minimum absolute atomic E-state index is 0.181. The van der Waals surface area contributed by atoms with Gasteiger partial charge in [0.25, 0.3) is 5.91 Å². The van der Waals surface area contributed by atoms with Gasteiger partial charge in [-0.2, -0.15) is 0 Å². The van der Waals surface area contributed by atoms with Crippen LogP contribution in [0.25, 0.3) is 0 Å². The number of nitrogens with zero attached hydrogens (tertiary/aromatic N) is 1. The van der Waals surface area contributed by atoms with Crippen LogP contribution in [0.3, 0.4) is 0 Å². The van der Waals surface area contributed by atoms with E-state index in [-0.39, 0.29) is 5.91 Å². The second-order valence-electron chi connectivity index (χ2n) is 4.70. The summed E-state index contributed by atoms with van der Waals surface area (Å²) in [5.41, 5.74) is 1.64. The van der Waals surface area contributed by atoms with Crippen molar-refractivity contribution in [1.29, 1.82) is 0 Å². The minimum Gasteiger partial charge on any atom is -0.481 e. The number of oxime groups is 1. The Morgan fingerprint density at radius 2 is 2.05 bits per heavy atom. The van der Waals surface area contributed by atoms with Crippen LogP contribution in [0.2, 0.25) is 0 Å².